The number of ether oxygens (including phenoxy) is 1. The van der Waals surface area contributed by atoms with Crippen molar-refractivity contribution in [2.75, 3.05) is 23.9 Å². The summed E-state index contributed by atoms with van der Waals surface area (Å²) < 4.78 is 5.39. The summed E-state index contributed by atoms with van der Waals surface area (Å²) in [4.78, 5) is 31.3. The maximum atomic E-state index is 12.7. The number of nitrogens with zero attached hydrogens (tertiary/aromatic N) is 2. The molecule has 1 atom stereocenters. The van der Waals surface area contributed by atoms with Crippen molar-refractivity contribution in [3.8, 4) is 5.75 Å². The summed E-state index contributed by atoms with van der Waals surface area (Å²) in [5.41, 5.74) is 3.23. The van der Waals surface area contributed by atoms with Gasteiger partial charge in [0.1, 0.15) is 5.75 Å². The van der Waals surface area contributed by atoms with E-state index in [0.717, 1.165) is 16.5 Å². The minimum absolute atomic E-state index is 0.0827. The Morgan fingerprint density at radius 3 is 2.86 bits per heavy atom. The summed E-state index contributed by atoms with van der Waals surface area (Å²) in [6.45, 7) is 2.28. The van der Waals surface area contributed by atoms with E-state index in [2.05, 4.69) is 10.3 Å². The molecule has 1 fully saturated rings. The number of carbonyl (C=O) groups excluding carboxylic acids is 2. The van der Waals surface area contributed by atoms with Gasteiger partial charge >= 0.3 is 0 Å². The Morgan fingerprint density at radius 2 is 2.04 bits per heavy atom. The molecule has 2 aromatic carbocycles. The van der Waals surface area contributed by atoms with E-state index in [0.29, 0.717) is 23.7 Å². The van der Waals surface area contributed by atoms with Gasteiger partial charge in [-0.3, -0.25) is 14.6 Å². The number of methoxy groups -OCH3 is 1. The van der Waals surface area contributed by atoms with E-state index in [1.54, 1.807) is 18.2 Å². The first-order valence-corrected chi connectivity index (χ1v) is 9.16. The molecule has 142 valence electrons. The summed E-state index contributed by atoms with van der Waals surface area (Å²) in [5, 5.41) is 3.85. The quantitative estimate of drug-likeness (QED) is 0.757. The lowest BCUT2D eigenvalue weighted by atomic mass is 10.1. The second kappa shape index (κ2) is 7.31. The van der Waals surface area contributed by atoms with Crippen LogP contribution in [-0.4, -0.2) is 30.5 Å². The van der Waals surface area contributed by atoms with Crippen molar-refractivity contribution in [2.45, 2.75) is 13.3 Å². The molecular weight excluding hydrogens is 354 g/mol. The Kier molecular flexibility index (Phi) is 4.69. The maximum Gasteiger partial charge on any atom is 0.229 e. The molecule has 1 aliphatic heterocycles. The third-order valence-corrected chi connectivity index (χ3v) is 4.98. The van der Waals surface area contributed by atoms with Gasteiger partial charge in [0.25, 0.3) is 0 Å². The predicted molar refractivity (Wildman–Crippen MR) is 109 cm³/mol. The van der Waals surface area contributed by atoms with Gasteiger partial charge in [0.2, 0.25) is 11.8 Å². The highest BCUT2D eigenvalue weighted by Crippen LogP contribution is 2.34. The molecular formula is C22H21N3O3. The molecule has 6 nitrogen and oxygen atoms in total. The highest BCUT2D eigenvalue weighted by atomic mass is 16.5. The number of fused-ring (bicyclic) bond motifs is 1. The molecule has 1 aromatic heterocycles. The first-order valence-electron chi connectivity index (χ1n) is 9.16. The Hall–Kier alpha value is -3.41. The first kappa shape index (κ1) is 18.0. The second-order valence-corrected chi connectivity index (χ2v) is 6.99. The van der Waals surface area contributed by atoms with Crippen LogP contribution in [0.2, 0.25) is 0 Å². The SMILES string of the molecule is COc1ccc(C)cc1N1CC(C(=O)Nc2cnc3ccccc3c2)CC1=O. The number of hydrogen-bond acceptors (Lipinski definition) is 4. The number of para-hydroxylation sites is 1. The fourth-order valence-corrected chi connectivity index (χ4v) is 3.51. The summed E-state index contributed by atoms with van der Waals surface area (Å²) >= 11 is 0. The van der Waals surface area contributed by atoms with E-state index in [1.165, 1.54) is 0 Å². The first-order chi connectivity index (χ1) is 13.5. The highest BCUT2D eigenvalue weighted by Gasteiger charge is 2.36. The smallest absolute Gasteiger partial charge is 0.229 e. The zero-order valence-corrected chi connectivity index (χ0v) is 15.8. The molecule has 4 rings (SSSR count). The Balaban J connectivity index is 1.51. The molecule has 0 radical (unpaired) electrons. The van der Waals surface area contributed by atoms with Crippen molar-refractivity contribution < 1.29 is 14.3 Å². The molecule has 0 aliphatic carbocycles. The Labute approximate surface area is 163 Å². The maximum absolute atomic E-state index is 12.7. The van der Waals surface area contributed by atoms with Gasteiger partial charge in [-0.15, -0.1) is 0 Å². The Morgan fingerprint density at radius 1 is 1.21 bits per heavy atom. The van der Waals surface area contributed by atoms with Gasteiger partial charge in [-0.2, -0.15) is 0 Å². The van der Waals surface area contributed by atoms with Crippen molar-refractivity contribution >= 4 is 34.1 Å². The van der Waals surface area contributed by atoms with E-state index in [1.807, 2.05) is 55.5 Å². The molecule has 2 heterocycles. The lowest BCUT2D eigenvalue weighted by Crippen LogP contribution is -2.28. The third-order valence-electron chi connectivity index (χ3n) is 4.98. The molecule has 28 heavy (non-hydrogen) atoms. The molecule has 0 bridgehead atoms. The van der Waals surface area contributed by atoms with Gasteiger partial charge in [-0.05, 0) is 36.8 Å². The van der Waals surface area contributed by atoms with Crippen molar-refractivity contribution in [1.82, 2.24) is 4.98 Å². The number of pyridine rings is 1. The van der Waals surface area contributed by atoms with E-state index in [-0.39, 0.29) is 18.2 Å². The number of aromatic nitrogens is 1. The van der Waals surface area contributed by atoms with Crippen LogP contribution in [0.1, 0.15) is 12.0 Å². The van der Waals surface area contributed by atoms with Crippen LogP contribution in [0.5, 0.6) is 5.75 Å². The van der Waals surface area contributed by atoms with Crippen LogP contribution in [-0.2, 0) is 9.59 Å². The van der Waals surface area contributed by atoms with Gasteiger partial charge in [-0.25, -0.2) is 0 Å². The highest BCUT2D eigenvalue weighted by molar-refractivity contribution is 6.04. The van der Waals surface area contributed by atoms with Crippen LogP contribution >= 0.6 is 0 Å². The summed E-state index contributed by atoms with van der Waals surface area (Å²) in [6, 6.07) is 15.3. The summed E-state index contributed by atoms with van der Waals surface area (Å²) in [5.74, 6) is -0.0665. The summed E-state index contributed by atoms with van der Waals surface area (Å²) in [7, 11) is 1.58. The fraction of sp³-hybridized carbons (Fsp3) is 0.227. The number of rotatable bonds is 4. The molecule has 0 spiro atoms. The van der Waals surface area contributed by atoms with Crippen LogP contribution < -0.4 is 15.0 Å². The zero-order valence-electron chi connectivity index (χ0n) is 15.8. The van der Waals surface area contributed by atoms with Crippen LogP contribution in [0.25, 0.3) is 10.9 Å². The number of benzene rings is 2. The monoisotopic (exact) mass is 375 g/mol. The minimum Gasteiger partial charge on any atom is -0.495 e. The largest absolute Gasteiger partial charge is 0.495 e. The van der Waals surface area contributed by atoms with Crippen LogP contribution in [0.3, 0.4) is 0 Å². The van der Waals surface area contributed by atoms with Gasteiger partial charge in [0.15, 0.2) is 0 Å². The van der Waals surface area contributed by atoms with Crippen molar-refractivity contribution in [3.05, 3.63) is 60.3 Å². The van der Waals surface area contributed by atoms with Crippen LogP contribution in [0.15, 0.2) is 54.7 Å². The Bertz CT molecular complexity index is 1060. The third kappa shape index (κ3) is 3.41. The van der Waals surface area contributed by atoms with E-state index >= 15 is 0 Å². The average molecular weight is 375 g/mol. The number of hydrogen-bond donors (Lipinski definition) is 1. The zero-order chi connectivity index (χ0) is 19.7. The van der Waals surface area contributed by atoms with Crippen molar-refractivity contribution in [1.29, 1.82) is 0 Å². The lowest BCUT2D eigenvalue weighted by Gasteiger charge is -2.20. The van der Waals surface area contributed by atoms with Crippen molar-refractivity contribution in [2.24, 2.45) is 5.92 Å². The number of nitrogens with one attached hydrogen (secondary N) is 1. The molecule has 1 N–H and O–H groups in total. The van der Waals surface area contributed by atoms with Gasteiger partial charge in [-0.1, -0.05) is 24.3 Å². The van der Waals surface area contributed by atoms with Crippen LogP contribution in [0.4, 0.5) is 11.4 Å². The van der Waals surface area contributed by atoms with E-state index < -0.39 is 5.92 Å². The average Bonchev–Trinajstić information content (AvgIpc) is 3.09. The minimum atomic E-state index is -0.427. The topological polar surface area (TPSA) is 71.5 Å². The standard InChI is InChI=1S/C22H21N3O3/c1-14-7-8-20(28-2)19(9-14)25-13-16(11-21(25)26)22(27)24-17-10-15-5-3-4-6-18(15)23-12-17/h3-10,12,16H,11,13H2,1-2H3,(H,24,27). The number of carbonyl (C=O) groups is 2. The van der Waals surface area contributed by atoms with E-state index in [4.69, 9.17) is 4.74 Å². The molecule has 1 aliphatic rings. The summed E-state index contributed by atoms with van der Waals surface area (Å²) in [6.07, 6.45) is 1.81. The normalized spacial score (nSPS) is 16.4. The van der Waals surface area contributed by atoms with Gasteiger partial charge in [0.05, 0.1) is 36.1 Å². The lowest BCUT2D eigenvalue weighted by molar-refractivity contribution is -0.122. The van der Waals surface area contributed by atoms with Crippen LogP contribution in [0, 0.1) is 12.8 Å². The number of amides is 2. The molecule has 2 amide bonds. The number of anilines is 2. The fourth-order valence-electron chi connectivity index (χ4n) is 3.51. The van der Waals surface area contributed by atoms with E-state index in [9.17, 15) is 9.59 Å². The molecule has 1 unspecified atom stereocenters. The molecule has 3 aromatic rings. The van der Waals surface area contributed by atoms with Gasteiger partial charge in [0, 0.05) is 18.4 Å². The molecule has 1 saturated heterocycles. The predicted octanol–water partition coefficient (Wildman–Crippen LogP) is 3.54. The van der Waals surface area contributed by atoms with Gasteiger partial charge < -0.3 is 15.0 Å². The molecule has 0 saturated carbocycles. The van der Waals surface area contributed by atoms with Crippen molar-refractivity contribution in [3.63, 3.8) is 0 Å². The second-order valence-electron chi connectivity index (χ2n) is 6.99. The number of aryl methyl sites for hydroxylation is 1. The molecule has 6 heteroatoms.